The van der Waals surface area contributed by atoms with Crippen molar-refractivity contribution in [2.24, 2.45) is 0 Å². The van der Waals surface area contributed by atoms with Crippen LogP contribution in [0.25, 0.3) is 27.7 Å². The van der Waals surface area contributed by atoms with Crippen LogP contribution >= 0.6 is 23.5 Å². The standard InChI is InChI=1S/C24H20FNO4S2/c1-2-28-23(27)22(24-31-8-3-9-32-24)17-12-19(26-18-6-5-15(25)11-16(17)18)14-4-7-20-21(10-14)30-13-29-20/h4-7,10-12H,2-3,8-9,13H2,1H3. The Morgan fingerprint density at radius 1 is 1.09 bits per heavy atom. The molecule has 0 aliphatic carbocycles. The number of carbonyl (C=O) groups is 1. The quantitative estimate of drug-likeness (QED) is 0.350. The number of ether oxygens (including phenoxy) is 3. The molecule has 164 valence electrons. The number of esters is 1. The maximum atomic E-state index is 14.2. The van der Waals surface area contributed by atoms with E-state index in [1.54, 1.807) is 36.5 Å². The number of carbonyl (C=O) groups excluding carboxylic acids is 1. The Kier molecular flexibility index (Phi) is 5.97. The molecule has 0 spiro atoms. The molecule has 1 fully saturated rings. The molecule has 0 amide bonds. The van der Waals surface area contributed by atoms with Crippen LogP contribution in [0.3, 0.4) is 0 Å². The lowest BCUT2D eigenvalue weighted by Crippen LogP contribution is -2.10. The Morgan fingerprint density at radius 2 is 1.91 bits per heavy atom. The Hall–Kier alpha value is -2.71. The summed E-state index contributed by atoms with van der Waals surface area (Å²) in [5.74, 6) is 2.40. The summed E-state index contributed by atoms with van der Waals surface area (Å²) in [7, 11) is 0. The number of benzene rings is 2. The Labute approximate surface area is 193 Å². The average Bonchev–Trinajstić information content (AvgIpc) is 3.28. The monoisotopic (exact) mass is 469 g/mol. The number of halogens is 1. The number of pyridine rings is 1. The molecular formula is C24H20FNO4S2. The maximum Gasteiger partial charge on any atom is 0.340 e. The molecule has 0 bridgehead atoms. The highest BCUT2D eigenvalue weighted by molar-refractivity contribution is 8.23. The van der Waals surface area contributed by atoms with Gasteiger partial charge in [0, 0.05) is 16.5 Å². The van der Waals surface area contributed by atoms with E-state index in [0.29, 0.717) is 39.2 Å². The summed E-state index contributed by atoms with van der Waals surface area (Å²) in [5.41, 5.74) is 3.17. The van der Waals surface area contributed by atoms with Crippen LogP contribution in [0.15, 0.2) is 46.7 Å². The molecule has 8 heteroatoms. The predicted molar refractivity (Wildman–Crippen MR) is 126 cm³/mol. The topological polar surface area (TPSA) is 57.7 Å². The Bertz CT molecular complexity index is 1240. The van der Waals surface area contributed by atoms with Crippen molar-refractivity contribution in [3.05, 3.63) is 58.1 Å². The molecule has 1 aromatic heterocycles. The van der Waals surface area contributed by atoms with E-state index in [2.05, 4.69) is 0 Å². The van der Waals surface area contributed by atoms with Crippen LogP contribution in [0.2, 0.25) is 0 Å². The third-order valence-corrected chi connectivity index (χ3v) is 7.77. The van der Waals surface area contributed by atoms with E-state index in [1.807, 2.05) is 24.3 Å². The predicted octanol–water partition coefficient (Wildman–Crippen LogP) is 5.87. The van der Waals surface area contributed by atoms with Gasteiger partial charge in [0.15, 0.2) is 11.5 Å². The molecule has 0 unspecified atom stereocenters. The zero-order chi connectivity index (χ0) is 22.1. The molecule has 5 rings (SSSR count). The minimum absolute atomic E-state index is 0.183. The molecule has 0 radical (unpaired) electrons. The second-order valence-electron chi connectivity index (χ2n) is 7.22. The third kappa shape index (κ3) is 4.04. The van der Waals surface area contributed by atoms with E-state index in [1.165, 1.54) is 12.1 Å². The van der Waals surface area contributed by atoms with Crippen LogP contribution in [0.1, 0.15) is 18.9 Å². The second kappa shape index (κ2) is 9.03. The number of thioether (sulfide) groups is 2. The fourth-order valence-electron chi connectivity index (χ4n) is 3.69. The van der Waals surface area contributed by atoms with Gasteiger partial charge in [-0.2, -0.15) is 0 Å². The van der Waals surface area contributed by atoms with Crippen molar-refractivity contribution in [2.45, 2.75) is 13.3 Å². The molecule has 1 saturated heterocycles. The van der Waals surface area contributed by atoms with Crippen LogP contribution in [-0.4, -0.2) is 35.9 Å². The van der Waals surface area contributed by atoms with Crippen molar-refractivity contribution in [2.75, 3.05) is 24.9 Å². The van der Waals surface area contributed by atoms with Gasteiger partial charge >= 0.3 is 5.97 Å². The van der Waals surface area contributed by atoms with E-state index in [0.717, 1.165) is 27.7 Å². The number of aromatic nitrogens is 1. The summed E-state index contributed by atoms with van der Waals surface area (Å²) >= 11 is 3.28. The molecular weight excluding hydrogens is 449 g/mol. The maximum absolute atomic E-state index is 14.2. The number of fused-ring (bicyclic) bond motifs is 2. The van der Waals surface area contributed by atoms with Gasteiger partial charge in [0.2, 0.25) is 6.79 Å². The van der Waals surface area contributed by atoms with Gasteiger partial charge in [-0.15, -0.1) is 23.5 Å². The minimum Gasteiger partial charge on any atom is -0.462 e. The van der Waals surface area contributed by atoms with Crippen molar-refractivity contribution in [3.8, 4) is 22.8 Å². The SMILES string of the molecule is CCOC(=O)C(=C1SCCCS1)c1cc(-c2ccc3c(c2)OCO3)nc2ccc(F)cc12. The molecule has 0 atom stereocenters. The van der Waals surface area contributed by atoms with Gasteiger partial charge in [-0.3, -0.25) is 0 Å². The van der Waals surface area contributed by atoms with E-state index in [9.17, 15) is 9.18 Å². The summed E-state index contributed by atoms with van der Waals surface area (Å²) in [5, 5.41) is 0.580. The van der Waals surface area contributed by atoms with Gasteiger partial charge in [0.25, 0.3) is 0 Å². The van der Waals surface area contributed by atoms with Crippen LogP contribution in [0, 0.1) is 5.82 Å². The molecule has 2 aliphatic rings. The smallest absolute Gasteiger partial charge is 0.340 e. The number of nitrogens with zero attached hydrogens (tertiary/aromatic N) is 1. The first-order chi connectivity index (χ1) is 15.6. The Morgan fingerprint density at radius 3 is 2.72 bits per heavy atom. The summed E-state index contributed by atoms with van der Waals surface area (Å²) in [4.78, 5) is 17.9. The van der Waals surface area contributed by atoms with Crippen molar-refractivity contribution >= 4 is 46.0 Å². The van der Waals surface area contributed by atoms with Crippen LogP contribution in [-0.2, 0) is 9.53 Å². The van der Waals surface area contributed by atoms with E-state index >= 15 is 0 Å². The summed E-state index contributed by atoms with van der Waals surface area (Å²) in [6.45, 7) is 2.23. The Balaban J connectivity index is 1.74. The van der Waals surface area contributed by atoms with Gasteiger partial charge in [-0.1, -0.05) is 0 Å². The lowest BCUT2D eigenvalue weighted by atomic mass is 9.98. The van der Waals surface area contributed by atoms with E-state index in [-0.39, 0.29) is 19.2 Å². The molecule has 0 N–H and O–H groups in total. The highest BCUT2D eigenvalue weighted by atomic mass is 32.2. The fraction of sp³-hybridized carbons (Fsp3) is 0.250. The summed E-state index contributed by atoms with van der Waals surface area (Å²) < 4.78 is 31.5. The van der Waals surface area contributed by atoms with E-state index < -0.39 is 5.97 Å². The highest BCUT2D eigenvalue weighted by Gasteiger charge is 2.25. The molecule has 3 aromatic rings. The van der Waals surface area contributed by atoms with Gasteiger partial charge < -0.3 is 14.2 Å². The van der Waals surface area contributed by atoms with Gasteiger partial charge in [0.05, 0.1) is 27.6 Å². The molecule has 2 aromatic carbocycles. The minimum atomic E-state index is -0.405. The largest absolute Gasteiger partial charge is 0.462 e. The van der Waals surface area contributed by atoms with Gasteiger partial charge in [0.1, 0.15) is 5.82 Å². The van der Waals surface area contributed by atoms with Crippen molar-refractivity contribution in [1.82, 2.24) is 4.98 Å². The average molecular weight is 470 g/mol. The first-order valence-electron chi connectivity index (χ1n) is 10.3. The fourth-order valence-corrected chi connectivity index (χ4v) is 6.33. The second-order valence-corrected chi connectivity index (χ2v) is 9.69. The van der Waals surface area contributed by atoms with Crippen molar-refractivity contribution in [1.29, 1.82) is 0 Å². The highest BCUT2D eigenvalue weighted by Crippen LogP contribution is 2.43. The molecule has 32 heavy (non-hydrogen) atoms. The van der Waals surface area contributed by atoms with Crippen LogP contribution in [0.4, 0.5) is 4.39 Å². The molecule has 2 aliphatic heterocycles. The number of hydrogen-bond acceptors (Lipinski definition) is 7. The first-order valence-corrected chi connectivity index (χ1v) is 12.3. The number of hydrogen-bond donors (Lipinski definition) is 0. The normalized spacial score (nSPS) is 15.1. The lowest BCUT2D eigenvalue weighted by molar-refractivity contribution is -0.136. The van der Waals surface area contributed by atoms with Crippen molar-refractivity contribution in [3.63, 3.8) is 0 Å². The van der Waals surface area contributed by atoms with E-state index in [4.69, 9.17) is 19.2 Å². The molecule has 5 nitrogen and oxygen atoms in total. The first kappa shape index (κ1) is 21.2. The summed E-state index contributed by atoms with van der Waals surface area (Å²) in [6.07, 6.45) is 1.07. The van der Waals surface area contributed by atoms with Crippen LogP contribution < -0.4 is 9.47 Å². The zero-order valence-corrected chi connectivity index (χ0v) is 19.0. The zero-order valence-electron chi connectivity index (χ0n) is 17.4. The van der Waals surface area contributed by atoms with Gasteiger partial charge in [-0.05, 0) is 67.3 Å². The van der Waals surface area contributed by atoms with Gasteiger partial charge in [-0.25, -0.2) is 14.2 Å². The number of rotatable bonds is 4. The molecule has 3 heterocycles. The van der Waals surface area contributed by atoms with Crippen molar-refractivity contribution < 1.29 is 23.4 Å². The van der Waals surface area contributed by atoms with Crippen LogP contribution in [0.5, 0.6) is 11.5 Å². The summed E-state index contributed by atoms with van der Waals surface area (Å²) in [6, 6.07) is 11.9. The lowest BCUT2D eigenvalue weighted by Gasteiger charge is -2.19. The third-order valence-electron chi connectivity index (χ3n) is 5.15. The molecule has 0 saturated carbocycles.